The van der Waals surface area contributed by atoms with Crippen LogP contribution in [-0.2, 0) is 4.79 Å². The lowest BCUT2D eigenvalue weighted by atomic mass is 10.1. The van der Waals surface area contributed by atoms with Crippen LogP contribution in [0, 0.1) is 5.92 Å². The number of aromatic nitrogens is 1. The quantitative estimate of drug-likeness (QED) is 0.945. The molecule has 3 heterocycles. The molecule has 1 atom stereocenters. The van der Waals surface area contributed by atoms with Gasteiger partial charge < -0.3 is 10.0 Å². The van der Waals surface area contributed by atoms with Gasteiger partial charge in [0.05, 0.1) is 5.92 Å². The Bertz CT molecular complexity index is 636. The van der Waals surface area contributed by atoms with Crippen LogP contribution in [0.15, 0.2) is 22.2 Å². The zero-order chi connectivity index (χ0) is 14.1. The maximum absolute atomic E-state index is 12.3. The third-order valence-corrected chi connectivity index (χ3v) is 4.89. The highest BCUT2D eigenvalue weighted by Crippen LogP contribution is 2.27. The fourth-order valence-electron chi connectivity index (χ4n) is 2.20. The van der Waals surface area contributed by atoms with Gasteiger partial charge in [-0.2, -0.15) is 11.3 Å². The summed E-state index contributed by atoms with van der Waals surface area (Å²) in [5.41, 5.74) is 1.42. The number of nitrogens with zero attached hydrogens (tertiary/aromatic N) is 2. The van der Waals surface area contributed by atoms with Crippen LogP contribution in [0.4, 0.5) is 0 Å². The Kier molecular flexibility index (Phi) is 3.54. The van der Waals surface area contributed by atoms with Crippen LogP contribution in [-0.4, -0.2) is 40.0 Å². The van der Waals surface area contributed by atoms with Gasteiger partial charge in [-0.25, -0.2) is 4.98 Å². The Labute approximate surface area is 123 Å². The molecule has 5 nitrogen and oxygen atoms in total. The third-order valence-electron chi connectivity index (χ3n) is 3.32. The van der Waals surface area contributed by atoms with E-state index in [-0.39, 0.29) is 12.5 Å². The van der Waals surface area contributed by atoms with Crippen molar-refractivity contribution in [2.24, 2.45) is 5.92 Å². The van der Waals surface area contributed by atoms with Crippen molar-refractivity contribution in [1.82, 2.24) is 9.88 Å². The Morgan fingerprint density at radius 3 is 2.90 bits per heavy atom. The highest BCUT2D eigenvalue weighted by Gasteiger charge is 2.32. The van der Waals surface area contributed by atoms with Gasteiger partial charge in [-0.05, 0) is 17.9 Å². The van der Waals surface area contributed by atoms with Crippen LogP contribution < -0.4 is 0 Å². The molecule has 0 aromatic carbocycles. The molecular weight excluding hydrogens is 296 g/mol. The number of carbonyl (C=O) groups excluding carboxylic acids is 1. The molecule has 7 heteroatoms. The minimum Gasteiger partial charge on any atom is -0.481 e. The zero-order valence-corrected chi connectivity index (χ0v) is 12.1. The highest BCUT2D eigenvalue weighted by atomic mass is 32.1. The molecule has 1 amide bonds. The molecule has 0 aliphatic carbocycles. The van der Waals surface area contributed by atoms with Gasteiger partial charge in [0.2, 0.25) is 0 Å². The third kappa shape index (κ3) is 2.46. The van der Waals surface area contributed by atoms with Crippen molar-refractivity contribution >= 4 is 34.6 Å². The number of thiophene rings is 1. The summed E-state index contributed by atoms with van der Waals surface area (Å²) in [6, 6.07) is 1.97. The first-order valence-corrected chi connectivity index (χ1v) is 7.97. The molecule has 104 valence electrons. The summed E-state index contributed by atoms with van der Waals surface area (Å²) in [5, 5.41) is 15.5. The molecule has 0 radical (unpaired) electrons. The van der Waals surface area contributed by atoms with E-state index in [4.69, 9.17) is 5.11 Å². The van der Waals surface area contributed by atoms with E-state index >= 15 is 0 Å². The molecule has 0 saturated carbocycles. The predicted molar refractivity (Wildman–Crippen MR) is 77.1 cm³/mol. The van der Waals surface area contributed by atoms with Gasteiger partial charge in [-0.1, -0.05) is 0 Å². The van der Waals surface area contributed by atoms with E-state index in [0.29, 0.717) is 18.7 Å². The van der Waals surface area contributed by atoms with Gasteiger partial charge >= 0.3 is 5.97 Å². The minimum absolute atomic E-state index is 0.175. The van der Waals surface area contributed by atoms with Crippen LogP contribution >= 0.6 is 22.7 Å². The zero-order valence-electron chi connectivity index (χ0n) is 10.5. The highest BCUT2D eigenvalue weighted by molar-refractivity contribution is 7.14. The van der Waals surface area contributed by atoms with Crippen molar-refractivity contribution in [1.29, 1.82) is 0 Å². The van der Waals surface area contributed by atoms with Crippen LogP contribution in [0.5, 0.6) is 0 Å². The first kappa shape index (κ1) is 13.3. The average molecular weight is 308 g/mol. The lowest BCUT2D eigenvalue weighted by Gasteiger charge is -2.13. The molecule has 1 N–H and O–H groups in total. The Morgan fingerprint density at radius 2 is 2.25 bits per heavy atom. The second kappa shape index (κ2) is 5.34. The second-order valence-corrected chi connectivity index (χ2v) is 6.26. The van der Waals surface area contributed by atoms with Gasteiger partial charge in [0.25, 0.3) is 5.91 Å². The summed E-state index contributed by atoms with van der Waals surface area (Å²) < 4.78 is 0. The lowest BCUT2D eigenvalue weighted by molar-refractivity contribution is -0.141. The van der Waals surface area contributed by atoms with Crippen molar-refractivity contribution in [2.75, 3.05) is 13.1 Å². The van der Waals surface area contributed by atoms with Crippen LogP contribution in [0.1, 0.15) is 16.9 Å². The van der Waals surface area contributed by atoms with E-state index in [1.807, 2.05) is 16.8 Å². The largest absolute Gasteiger partial charge is 0.481 e. The second-order valence-electron chi connectivity index (χ2n) is 4.62. The van der Waals surface area contributed by atoms with E-state index in [1.54, 1.807) is 21.6 Å². The van der Waals surface area contributed by atoms with E-state index in [1.165, 1.54) is 11.3 Å². The minimum atomic E-state index is -0.836. The van der Waals surface area contributed by atoms with Crippen molar-refractivity contribution in [3.05, 3.63) is 27.9 Å². The Hall–Kier alpha value is -1.73. The molecule has 0 spiro atoms. The summed E-state index contributed by atoms with van der Waals surface area (Å²) in [4.78, 5) is 29.1. The first-order chi connectivity index (χ1) is 9.65. The molecule has 2 aromatic heterocycles. The van der Waals surface area contributed by atoms with Crippen molar-refractivity contribution < 1.29 is 14.7 Å². The van der Waals surface area contributed by atoms with E-state index < -0.39 is 11.9 Å². The fourth-order valence-corrected chi connectivity index (χ4v) is 3.71. The molecule has 1 aliphatic heterocycles. The van der Waals surface area contributed by atoms with Gasteiger partial charge in [0, 0.05) is 29.4 Å². The van der Waals surface area contributed by atoms with Crippen molar-refractivity contribution in [3.63, 3.8) is 0 Å². The molecule has 20 heavy (non-hydrogen) atoms. The maximum Gasteiger partial charge on any atom is 0.308 e. The number of hydrogen-bond donors (Lipinski definition) is 1. The molecule has 0 unspecified atom stereocenters. The van der Waals surface area contributed by atoms with Gasteiger partial charge in [0.15, 0.2) is 0 Å². The standard InChI is InChI=1S/C13H12N2O3S2/c16-12(15-3-1-8(5-15)13(17)18)10-7-20-11(14-10)9-2-4-19-6-9/h2,4,6-8H,1,3,5H2,(H,17,18)/t8-/m0/s1. The van der Waals surface area contributed by atoms with E-state index in [0.717, 1.165) is 10.6 Å². The molecular formula is C13H12N2O3S2. The summed E-state index contributed by atoms with van der Waals surface area (Å²) in [5.74, 6) is -1.46. The number of likely N-dealkylation sites (tertiary alicyclic amines) is 1. The monoisotopic (exact) mass is 308 g/mol. The summed E-state index contributed by atoms with van der Waals surface area (Å²) >= 11 is 3.02. The topological polar surface area (TPSA) is 70.5 Å². The van der Waals surface area contributed by atoms with Crippen molar-refractivity contribution in [2.45, 2.75) is 6.42 Å². The SMILES string of the molecule is O=C(O)[C@H]1CCN(C(=O)c2csc(-c3ccsc3)n2)C1. The number of thiazole rings is 1. The Balaban J connectivity index is 1.74. The number of aliphatic carboxylic acids is 1. The van der Waals surface area contributed by atoms with Crippen LogP contribution in [0.25, 0.3) is 10.6 Å². The smallest absolute Gasteiger partial charge is 0.308 e. The number of carbonyl (C=O) groups is 2. The van der Waals surface area contributed by atoms with Crippen LogP contribution in [0.3, 0.4) is 0 Å². The summed E-state index contributed by atoms with van der Waals surface area (Å²) in [6.45, 7) is 0.764. The molecule has 1 saturated heterocycles. The number of amides is 1. The molecule has 3 rings (SSSR count). The van der Waals surface area contributed by atoms with E-state index in [9.17, 15) is 9.59 Å². The molecule has 1 aliphatic rings. The maximum atomic E-state index is 12.3. The number of carboxylic acids is 1. The number of carboxylic acid groups (broad SMARTS) is 1. The Morgan fingerprint density at radius 1 is 1.40 bits per heavy atom. The summed E-state index contributed by atoms with van der Waals surface area (Å²) in [7, 11) is 0. The van der Waals surface area contributed by atoms with Crippen molar-refractivity contribution in [3.8, 4) is 10.6 Å². The first-order valence-electron chi connectivity index (χ1n) is 6.15. The fraction of sp³-hybridized carbons (Fsp3) is 0.308. The van der Waals surface area contributed by atoms with Gasteiger partial charge in [0.1, 0.15) is 10.7 Å². The molecule has 1 fully saturated rings. The number of rotatable bonds is 3. The molecule has 2 aromatic rings. The van der Waals surface area contributed by atoms with Gasteiger partial charge in [-0.15, -0.1) is 11.3 Å². The predicted octanol–water partition coefficient (Wildman–Crippen LogP) is 2.42. The van der Waals surface area contributed by atoms with E-state index in [2.05, 4.69) is 4.98 Å². The van der Waals surface area contributed by atoms with Gasteiger partial charge in [-0.3, -0.25) is 9.59 Å². The molecule has 0 bridgehead atoms. The average Bonchev–Trinajstić information content (AvgIpc) is 3.17. The number of hydrogen-bond acceptors (Lipinski definition) is 5. The summed E-state index contributed by atoms with van der Waals surface area (Å²) in [6.07, 6.45) is 0.516. The van der Waals surface area contributed by atoms with Crippen LogP contribution in [0.2, 0.25) is 0 Å². The normalized spacial score (nSPS) is 18.4. The lowest BCUT2D eigenvalue weighted by Crippen LogP contribution is -2.30.